The number of rotatable bonds is 18. The second-order valence-electron chi connectivity index (χ2n) is 15.2. The molecule has 20 heteroatoms. The minimum atomic E-state index is -2.58. The molecule has 18 nitrogen and oxygen atoms in total. The summed E-state index contributed by atoms with van der Waals surface area (Å²) >= 11 is 6.44. The Kier molecular flexibility index (Phi) is 14.3. The van der Waals surface area contributed by atoms with Crippen molar-refractivity contribution in [2.24, 2.45) is 0 Å². The van der Waals surface area contributed by atoms with E-state index in [1.54, 1.807) is 32.6 Å². The van der Waals surface area contributed by atoms with Crippen LogP contribution < -0.4 is 35.6 Å². The predicted molar refractivity (Wildman–Crippen MR) is 236 cm³/mol. The number of carbonyl (C=O) groups is 5. The number of nitrogens with one attached hydrogen (secondary N) is 3. The van der Waals surface area contributed by atoms with Crippen LogP contribution in [0.2, 0.25) is 5.02 Å². The number of benzene rings is 3. The van der Waals surface area contributed by atoms with Crippen LogP contribution in [-0.2, 0) is 28.4 Å². The first-order valence-corrected chi connectivity index (χ1v) is 23.3. The van der Waals surface area contributed by atoms with Crippen molar-refractivity contribution in [2.75, 3.05) is 95.2 Å². The van der Waals surface area contributed by atoms with E-state index in [1.807, 2.05) is 47.4 Å². The summed E-state index contributed by atoms with van der Waals surface area (Å²) in [6.45, 7) is 6.80. The van der Waals surface area contributed by atoms with Crippen molar-refractivity contribution in [3.05, 3.63) is 83.0 Å². The van der Waals surface area contributed by atoms with Crippen molar-refractivity contribution in [3.63, 3.8) is 0 Å². The standard InChI is InChI=1S/C43H48ClN8O10P/c1-59-34-25-27(11-12-30(34)47-43-45-26-29(44)39(49-43)46-31-8-4-5-10-35(31)63(2,3)58)50-16-18-51(19-17-50)37(54)15-20-60-21-22-61-23-24-62-33-9-6-7-28-38(33)42(57)52(41(28)56)32-13-14-36(53)48-40(32)55/h4-12,25-26,32H,13-24H2,1-3H3,(H,48,53,55)(H2,45,46,47,49). The van der Waals surface area contributed by atoms with Crippen molar-refractivity contribution in [1.82, 2.24) is 25.1 Å². The van der Waals surface area contributed by atoms with Gasteiger partial charge in [-0.3, -0.25) is 34.2 Å². The average Bonchev–Trinajstić information content (AvgIpc) is 3.52. The molecule has 4 aromatic rings. The van der Waals surface area contributed by atoms with E-state index in [-0.39, 0.29) is 81.0 Å². The Labute approximate surface area is 368 Å². The molecule has 5 amide bonds. The number of aromatic nitrogens is 2. The van der Waals surface area contributed by atoms with Crippen LogP contribution in [0.3, 0.4) is 0 Å². The largest absolute Gasteiger partial charge is 0.494 e. The number of hydrogen-bond donors (Lipinski definition) is 3. The number of ether oxygens (including phenoxy) is 4. The van der Waals surface area contributed by atoms with E-state index in [9.17, 15) is 28.5 Å². The SMILES string of the molecule is COc1cc(N2CCN(C(=O)CCOCCOCCOc3cccc4c3C(=O)N(C3CCC(=O)NC3=O)C4=O)CC2)ccc1Nc1ncc(Cl)c(Nc2ccccc2P(C)(C)=O)n1. The van der Waals surface area contributed by atoms with Crippen LogP contribution in [-0.4, -0.2) is 135 Å². The fraction of sp³-hybridized carbons (Fsp3) is 0.372. The molecule has 2 saturated heterocycles. The van der Waals surface area contributed by atoms with Gasteiger partial charge in [0, 0.05) is 49.7 Å². The lowest BCUT2D eigenvalue weighted by molar-refractivity contribution is -0.136. The molecule has 3 aliphatic heterocycles. The lowest BCUT2D eigenvalue weighted by Gasteiger charge is -2.36. The molecule has 1 atom stereocenters. The number of methoxy groups -OCH3 is 1. The number of carbonyl (C=O) groups excluding carboxylic acids is 5. The first kappa shape index (κ1) is 45.0. The number of piperidine rings is 1. The Bertz CT molecular complexity index is 2440. The van der Waals surface area contributed by atoms with E-state index < -0.39 is 36.8 Å². The molecule has 4 heterocycles. The molecule has 0 spiro atoms. The molecule has 3 N–H and O–H groups in total. The summed E-state index contributed by atoms with van der Waals surface area (Å²) in [6, 6.07) is 16.7. The maximum absolute atomic E-state index is 13.2. The summed E-state index contributed by atoms with van der Waals surface area (Å²) in [5.74, 6) is -0.961. The first-order valence-electron chi connectivity index (χ1n) is 20.4. The summed E-state index contributed by atoms with van der Waals surface area (Å²) in [4.78, 5) is 77.0. The van der Waals surface area contributed by atoms with Gasteiger partial charge >= 0.3 is 0 Å². The predicted octanol–water partition coefficient (Wildman–Crippen LogP) is 4.43. The Morgan fingerprint density at radius 3 is 2.37 bits per heavy atom. The molecule has 3 aliphatic rings. The van der Waals surface area contributed by atoms with Gasteiger partial charge in [-0.05, 0) is 56.1 Å². The zero-order valence-electron chi connectivity index (χ0n) is 35.1. The Morgan fingerprint density at radius 2 is 1.62 bits per heavy atom. The highest BCUT2D eigenvalue weighted by Gasteiger charge is 2.46. The molecule has 2 fully saturated rings. The number of para-hydroxylation sites is 1. The van der Waals surface area contributed by atoms with Crippen molar-refractivity contribution in [1.29, 1.82) is 0 Å². The zero-order valence-corrected chi connectivity index (χ0v) is 36.7. The van der Waals surface area contributed by atoms with Crippen LogP contribution in [0.15, 0.2) is 66.9 Å². The Hall–Kier alpha value is -6.07. The fourth-order valence-corrected chi connectivity index (χ4v) is 8.75. The molecular formula is C43H48ClN8O10P. The number of nitrogens with zero attached hydrogens (tertiary/aromatic N) is 5. The number of piperazine rings is 1. The molecule has 7 rings (SSSR count). The van der Waals surface area contributed by atoms with Gasteiger partial charge in [-0.15, -0.1) is 0 Å². The summed E-state index contributed by atoms with van der Waals surface area (Å²) < 4.78 is 35.6. The number of imide groups is 2. The van der Waals surface area contributed by atoms with Gasteiger partial charge in [0.1, 0.15) is 36.3 Å². The molecule has 0 saturated carbocycles. The third-order valence-corrected chi connectivity index (χ3v) is 12.5. The normalized spacial score (nSPS) is 16.5. The smallest absolute Gasteiger partial charge is 0.266 e. The molecule has 332 valence electrons. The van der Waals surface area contributed by atoms with Gasteiger partial charge < -0.3 is 43.9 Å². The quantitative estimate of drug-likeness (QED) is 0.0717. The highest BCUT2D eigenvalue weighted by Crippen LogP contribution is 2.39. The van der Waals surface area contributed by atoms with Crippen LogP contribution in [0.1, 0.15) is 40.0 Å². The monoisotopic (exact) mass is 902 g/mol. The molecule has 1 aromatic heterocycles. The lowest BCUT2D eigenvalue weighted by Crippen LogP contribution is -2.54. The van der Waals surface area contributed by atoms with E-state index in [0.717, 1.165) is 10.6 Å². The topological polar surface area (TPSA) is 211 Å². The van der Waals surface area contributed by atoms with Crippen LogP contribution in [0.4, 0.5) is 28.8 Å². The van der Waals surface area contributed by atoms with Crippen molar-refractivity contribution >= 4 is 82.4 Å². The summed E-state index contributed by atoms with van der Waals surface area (Å²) in [5.41, 5.74) is 2.44. The molecule has 63 heavy (non-hydrogen) atoms. The Morgan fingerprint density at radius 1 is 0.873 bits per heavy atom. The van der Waals surface area contributed by atoms with E-state index in [0.29, 0.717) is 59.4 Å². The van der Waals surface area contributed by atoms with E-state index >= 15 is 0 Å². The molecule has 1 unspecified atom stereocenters. The zero-order chi connectivity index (χ0) is 44.7. The second-order valence-corrected chi connectivity index (χ2v) is 18.8. The van der Waals surface area contributed by atoms with Gasteiger partial charge in [0.25, 0.3) is 11.8 Å². The fourth-order valence-electron chi connectivity index (χ4n) is 7.46. The second kappa shape index (κ2) is 20.0. The van der Waals surface area contributed by atoms with Crippen molar-refractivity contribution < 1.29 is 47.5 Å². The third-order valence-electron chi connectivity index (χ3n) is 10.7. The van der Waals surface area contributed by atoms with Gasteiger partial charge in [0.05, 0.1) is 68.7 Å². The number of fused-ring (bicyclic) bond motifs is 1. The lowest BCUT2D eigenvalue weighted by atomic mass is 10.0. The third kappa shape index (κ3) is 10.6. The summed E-state index contributed by atoms with van der Waals surface area (Å²) in [7, 11) is -0.995. The van der Waals surface area contributed by atoms with E-state index in [2.05, 4.69) is 30.8 Å². The molecule has 0 bridgehead atoms. The maximum atomic E-state index is 13.2. The van der Waals surface area contributed by atoms with E-state index in [1.165, 1.54) is 12.3 Å². The number of halogens is 1. The maximum Gasteiger partial charge on any atom is 0.266 e. The highest BCUT2D eigenvalue weighted by molar-refractivity contribution is 7.70. The molecule has 0 radical (unpaired) electrons. The van der Waals surface area contributed by atoms with Gasteiger partial charge in [0.15, 0.2) is 5.82 Å². The number of hydrogen-bond acceptors (Lipinski definition) is 15. The van der Waals surface area contributed by atoms with E-state index in [4.69, 9.17) is 30.5 Å². The number of anilines is 5. The molecular weight excluding hydrogens is 855 g/mol. The summed E-state index contributed by atoms with van der Waals surface area (Å²) in [5, 5.41) is 9.58. The van der Waals surface area contributed by atoms with Gasteiger partial charge in [-0.1, -0.05) is 29.8 Å². The Balaban J connectivity index is 0.803. The van der Waals surface area contributed by atoms with Crippen LogP contribution in [0.25, 0.3) is 0 Å². The molecule has 0 aliphatic carbocycles. The van der Waals surface area contributed by atoms with Crippen LogP contribution in [0, 0.1) is 0 Å². The van der Waals surface area contributed by atoms with Gasteiger partial charge in [-0.25, -0.2) is 4.98 Å². The minimum absolute atomic E-state index is 0.000555. The first-order chi connectivity index (χ1) is 30.3. The number of amides is 5. The summed E-state index contributed by atoms with van der Waals surface area (Å²) in [6.07, 6.45) is 1.81. The van der Waals surface area contributed by atoms with Crippen LogP contribution in [0.5, 0.6) is 11.5 Å². The highest BCUT2D eigenvalue weighted by atomic mass is 35.5. The van der Waals surface area contributed by atoms with Crippen LogP contribution >= 0.6 is 18.7 Å². The molecule has 3 aromatic carbocycles. The van der Waals surface area contributed by atoms with Gasteiger partial charge in [0.2, 0.25) is 23.7 Å². The van der Waals surface area contributed by atoms with Crippen molar-refractivity contribution in [2.45, 2.75) is 25.3 Å². The minimum Gasteiger partial charge on any atom is -0.494 e. The van der Waals surface area contributed by atoms with Crippen molar-refractivity contribution in [3.8, 4) is 11.5 Å². The average molecular weight is 903 g/mol. The van der Waals surface area contributed by atoms with Gasteiger partial charge in [-0.2, -0.15) is 4.98 Å².